The Kier molecular flexibility index (Phi) is 10.5. The van der Waals surface area contributed by atoms with Gasteiger partial charge in [-0.05, 0) is 0 Å². The first-order chi connectivity index (χ1) is 3.71. The summed E-state index contributed by atoms with van der Waals surface area (Å²) in [6.07, 6.45) is 1.93. The van der Waals surface area contributed by atoms with Crippen molar-refractivity contribution < 1.29 is 58.2 Å². The van der Waals surface area contributed by atoms with Crippen LogP contribution in [0, 0.1) is 11.8 Å². The Hall–Kier alpha value is 1.73. The molecule has 0 aliphatic carbocycles. The van der Waals surface area contributed by atoms with E-state index in [2.05, 4.69) is 20.8 Å². The van der Waals surface area contributed by atoms with Gasteiger partial charge in [-0.1, -0.05) is 40.2 Å². The van der Waals surface area contributed by atoms with Crippen LogP contribution in [0.4, 0.5) is 0 Å². The van der Waals surface area contributed by atoms with Crippen LogP contribution in [0.25, 0.3) is 0 Å². The van der Waals surface area contributed by atoms with Gasteiger partial charge >= 0.3 is 0 Å². The average molecular weight is 404 g/mol. The maximum Gasteiger partial charge on any atom is 0 e. The molecule has 0 bridgehead atoms. The van der Waals surface area contributed by atoms with Crippen LogP contribution in [0.15, 0.2) is 0 Å². The van der Waals surface area contributed by atoms with Crippen molar-refractivity contribution in [1.29, 1.82) is 0 Å². The average Bonchev–Trinajstić information content (AvgIpc) is 1.14. The van der Waals surface area contributed by atoms with Gasteiger partial charge in [0.15, 0.2) is 0 Å². The zero-order valence-corrected chi connectivity index (χ0v) is 13.5. The van der Waals surface area contributed by atoms with E-state index in [4.69, 9.17) is 0 Å². The summed E-state index contributed by atoms with van der Waals surface area (Å²) < 4.78 is 0. The Balaban J connectivity index is -0.000000320. The molecule has 0 saturated heterocycles. The minimum atomic E-state index is -0.641. The summed E-state index contributed by atoms with van der Waals surface area (Å²) in [4.78, 5) is 0. The minimum absolute atomic E-state index is 0. The summed E-state index contributed by atoms with van der Waals surface area (Å²) >= 11 is 0. The van der Waals surface area contributed by atoms with Gasteiger partial charge in [-0.25, -0.2) is 0 Å². The van der Waals surface area contributed by atoms with E-state index in [-0.39, 0.29) is 58.5 Å². The monoisotopic (exact) mass is 405 g/mol. The Morgan fingerprint density at radius 2 is 1.27 bits per heavy atom. The van der Waals surface area contributed by atoms with Gasteiger partial charge in [0.25, 0.3) is 0 Å². The Morgan fingerprint density at radius 1 is 1.00 bits per heavy atom. The van der Waals surface area contributed by atoms with Crippen molar-refractivity contribution in [3.05, 3.63) is 6.42 Å². The zero-order chi connectivity index (χ0) is 7.71. The molecule has 0 rings (SSSR count). The van der Waals surface area contributed by atoms with Crippen LogP contribution in [0.2, 0.25) is 0 Å². The van der Waals surface area contributed by atoms with Crippen LogP contribution in [-0.4, -0.2) is 10.7 Å². The molecule has 0 saturated carbocycles. The minimum Gasteiger partial charge on any atom is -0.422 e. The molecule has 0 aliphatic heterocycles. The third kappa shape index (κ3) is 18.6. The van der Waals surface area contributed by atoms with Gasteiger partial charge < -0.3 is 5.11 Å². The molecule has 11 heavy (non-hydrogen) atoms. The molecule has 0 aromatic rings. The fourth-order valence-corrected chi connectivity index (χ4v) is 1.06. The van der Waals surface area contributed by atoms with Crippen LogP contribution < -0.4 is 0 Å². The predicted molar refractivity (Wildman–Crippen MR) is 40.1 cm³/mol. The third-order valence-corrected chi connectivity index (χ3v) is 0.786. The van der Waals surface area contributed by atoms with E-state index in [0.717, 1.165) is 0 Å². The standard InChI is InChI=1S/C8H17O.Re.Y/c1-7(2,3)6-8(4,5)9;;/h6,9H,1-5H3;;/q-1;;. The molecule has 3 heteroatoms. The first-order valence-electron chi connectivity index (χ1n) is 3.30. The van der Waals surface area contributed by atoms with Gasteiger partial charge in [0, 0.05) is 53.1 Å². The summed E-state index contributed by atoms with van der Waals surface area (Å²) in [7, 11) is 0. The molecule has 0 aromatic heterocycles. The van der Waals surface area contributed by atoms with E-state index < -0.39 is 5.60 Å². The maximum absolute atomic E-state index is 9.30. The number of hydrogen-bond acceptors (Lipinski definition) is 1. The summed E-state index contributed by atoms with van der Waals surface area (Å²) in [5.74, 6) is 0. The molecular weight excluding hydrogens is 387 g/mol. The van der Waals surface area contributed by atoms with Gasteiger partial charge in [-0.2, -0.15) is 5.41 Å². The molecule has 1 N–H and O–H groups in total. The molecule has 1 nitrogen and oxygen atoms in total. The van der Waals surface area contributed by atoms with Gasteiger partial charge in [-0.15, -0.1) is 0 Å². The molecular formula is C8H17OReY-. The summed E-state index contributed by atoms with van der Waals surface area (Å²) in [6, 6.07) is 0. The van der Waals surface area contributed by atoms with E-state index in [1.807, 2.05) is 6.42 Å². The van der Waals surface area contributed by atoms with E-state index >= 15 is 0 Å². The Morgan fingerprint density at radius 3 is 1.27 bits per heavy atom. The number of hydrogen-bond donors (Lipinski definition) is 1. The second-order valence-electron chi connectivity index (χ2n) is 4.16. The molecule has 0 fully saturated rings. The van der Waals surface area contributed by atoms with Crippen molar-refractivity contribution in [1.82, 2.24) is 0 Å². The molecule has 66 valence electrons. The van der Waals surface area contributed by atoms with Gasteiger partial charge in [-0.3, -0.25) is 6.42 Å². The summed E-state index contributed by atoms with van der Waals surface area (Å²) in [5, 5.41) is 9.30. The fraction of sp³-hybridized carbons (Fsp3) is 0.875. The van der Waals surface area contributed by atoms with Crippen LogP contribution in [0.1, 0.15) is 34.6 Å². The van der Waals surface area contributed by atoms with Crippen molar-refractivity contribution in [2.75, 3.05) is 0 Å². The molecule has 0 aromatic carbocycles. The fourth-order valence-electron chi connectivity index (χ4n) is 1.06. The Bertz CT molecular complexity index is 79.2. The molecule has 0 spiro atoms. The van der Waals surface area contributed by atoms with Crippen molar-refractivity contribution in [2.45, 2.75) is 40.2 Å². The van der Waals surface area contributed by atoms with Gasteiger partial charge in [0.05, 0.1) is 0 Å². The van der Waals surface area contributed by atoms with Crippen molar-refractivity contribution in [2.24, 2.45) is 5.41 Å². The molecule has 2 radical (unpaired) electrons. The SMILES string of the molecule is CC(C)(C)[CH-]C(C)(C)O.[Re].[Y]. The van der Waals surface area contributed by atoms with Crippen LogP contribution in [0.5, 0.6) is 0 Å². The molecule has 0 amide bonds. The predicted octanol–water partition coefficient (Wildman–Crippen LogP) is 2.00. The van der Waals surface area contributed by atoms with E-state index in [9.17, 15) is 5.11 Å². The topological polar surface area (TPSA) is 20.2 Å². The number of aliphatic hydroxyl groups is 1. The smallest absolute Gasteiger partial charge is 0 e. The molecule has 0 atom stereocenters. The van der Waals surface area contributed by atoms with Crippen LogP contribution >= 0.6 is 0 Å². The van der Waals surface area contributed by atoms with Crippen LogP contribution in [-0.2, 0) is 53.1 Å². The normalized spacial score (nSPS) is 11.5. The van der Waals surface area contributed by atoms with Crippen molar-refractivity contribution in [3.63, 3.8) is 0 Å². The first kappa shape index (κ1) is 18.5. The van der Waals surface area contributed by atoms with Crippen molar-refractivity contribution in [3.8, 4) is 0 Å². The van der Waals surface area contributed by atoms with Crippen molar-refractivity contribution >= 4 is 0 Å². The Labute approximate surface area is 109 Å². The quantitative estimate of drug-likeness (QED) is 0.663. The molecule has 0 unspecified atom stereocenters. The summed E-state index contributed by atoms with van der Waals surface area (Å²) in [5.41, 5.74) is -0.531. The van der Waals surface area contributed by atoms with E-state index in [1.165, 1.54) is 0 Å². The third-order valence-electron chi connectivity index (χ3n) is 0.786. The van der Waals surface area contributed by atoms with Gasteiger partial charge in [0.1, 0.15) is 0 Å². The zero-order valence-electron chi connectivity index (χ0n) is 7.98. The second-order valence-corrected chi connectivity index (χ2v) is 4.16. The first-order valence-corrected chi connectivity index (χ1v) is 3.30. The molecule has 0 aliphatic rings. The number of rotatable bonds is 1. The van der Waals surface area contributed by atoms with E-state index in [0.29, 0.717) is 0 Å². The maximum atomic E-state index is 9.30. The van der Waals surface area contributed by atoms with Crippen LogP contribution in [0.3, 0.4) is 0 Å². The van der Waals surface area contributed by atoms with E-state index in [1.54, 1.807) is 13.8 Å². The second kappa shape index (κ2) is 6.22. The summed E-state index contributed by atoms with van der Waals surface area (Å²) in [6.45, 7) is 9.80. The molecule has 0 heterocycles. The largest absolute Gasteiger partial charge is 0.422 e. The van der Waals surface area contributed by atoms with Gasteiger partial charge in [0.2, 0.25) is 0 Å².